The first kappa shape index (κ1) is 12.2. The van der Waals surface area contributed by atoms with Gasteiger partial charge in [0.25, 0.3) is 0 Å². The van der Waals surface area contributed by atoms with Crippen LogP contribution in [0.15, 0.2) is 11.8 Å². The maximum absolute atomic E-state index is 11.4. The van der Waals surface area contributed by atoms with Crippen LogP contribution in [-0.4, -0.2) is 22.3 Å². The van der Waals surface area contributed by atoms with E-state index in [1.807, 2.05) is 6.26 Å². The maximum Gasteiger partial charge on any atom is 0.0910 e. The fourth-order valence-electron chi connectivity index (χ4n) is 2.52. The Morgan fingerprint density at radius 3 is 2.81 bits per heavy atom. The van der Waals surface area contributed by atoms with E-state index < -0.39 is 10.8 Å². The Labute approximate surface area is 101 Å². The molecule has 2 rings (SSSR count). The van der Waals surface area contributed by atoms with Gasteiger partial charge in [-0.25, -0.2) is 0 Å². The summed E-state index contributed by atoms with van der Waals surface area (Å²) in [7, 11) is -0.579. The predicted molar refractivity (Wildman–Crippen MR) is 67.7 cm³/mol. The Morgan fingerprint density at radius 2 is 2.06 bits per heavy atom. The summed E-state index contributed by atoms with van der Waals surface area (Å²) < 4.78 is 17.0. The van der Waals surface area contributed by atoms with Crippen molar-refractivity contribution in [2.45, 2.75) is 44.9 Å². The van der Waals surface area contributed by atoms with E-state index in [0.717, 1.165) is 24.5 Å². The van der Waals surface area contributed by atoms with Crippen LogP contribution in [0.25, 0.3) is 0 Å². The number of hydrogen-bond donors (Lipinski definition) is 0. The third kappa shape index (κ3) is 3.93. The van der Waals surface area contributed by atoms with Crippen molar-refractivity contribution >= 4 is 10.8 Å². The van der Waals surface area contributed by atoms with E-state index in [0.29, 0.717) is 5.92 Å². The van der Waals surface area contributed by atoms with Crippen molar-refractivity contribution in [1.29, 1.82) is 0 Å². The molecule has 2 aliphatic rings. The number of allylic oxidation sites excluding steroid dienone is 1. The van der Waals surface area contributed by atoms with Crippen molar-refractivity contribution < 1.29 is 8.95 Å². The SMILES string of the molecule is O=S1CCCC(COC=C2CCCCC2)C1. The van der Waals surface area contributed by atoms with E-state index in [4.69, 9.17) is 4.74 Å². The van der Waals surface area contributed by atoms with Crippen LogP contribution in [0.1, 0.15) is 44.9 Å². The van der Waals surface area contributed by atoms with Crippen molar-refractivity contribution in [3.8, 4) is 0 Å². The van der Waals surface area contributed by atoms with E-state index in [1.54, 1.807) is 0 Å². The topological polar surface area (TPSA) is 26.3 Å². The van der Waals surface area contributed by atoms with Gasteiger partial charge in [-0.15, -0.1) is 0 Å². The highest BCUT2D eigenvalue weighted by Gasteiger charge is 2.18. The normalized spacial score (nSPS) is 31.1. The minimum absolute atomic E-state index is 0.523. The molecule has 0 N–H and O–H groups in total. The molecule has 2 atom stereocenters. The first-order valence-corrected chi connectivity index (χ1v) is 7.98. The lowest BCUT2D eigenvalue weighted by atomic mass is 9.96. The van der Waals surface area contributed by atoms with E-state index in [9.17, 15) is 4.21 Å². The molecule has 2 nitrogen and oxygen atoms in total. The lowest BCUT2D eigenvalue weighted by Gasteiger charge is -2.21. The Morgan fingerprint density at radius 1 is 1.25 bits per heavy atom. The van der Waals surface area contributed by atoms with Gasteiger partial charge in [-0.3, -0.25) is 4.21 Å². The van der Waals surface area contributed by atoms with Crippen molar-refractivity contribution in [3.63, 3.8) is 0 Å². The fourth-order valence-corrected chi connectivity index (χ4v) is 3.96. The zero-order valence-electron chi connectivity index (χ0n) is 9.95. The smallest absolute Gasteiger partial charge is 0.0910 e. The summed E-state index contributed by atoms with van der Waals surface area (Å²) in [4.78, 5) is 0. The number of rotatable bonds is 3. The van der Waals surface area contributed by atoms with Gasteiger partial charge in [0.05, 0.1) is 12.9 Å². The fraction of sp³-hybridized carbons (Fsp3) is 0.846. The third-order valence-electron chi connectivity index (χ3n) is 3.48. The first-order chi connectivity index (χ1) is 7.84. The highest BCUT2D eigenvalue weighted by atomic mass is 32.2. The molecule has 0 aromatic heterocycles. The summed E-state index contributed by atoms with van der Waals surface area (Å²) in [5.74, 6) is 2.27. The molecule has 1 aliphatic carbocycles. The molecule has 0 spiro atoms. The van der Waals surface area contributed by atoms with Gasteiger partial charge < -0.3 is 4.74 Å². The molecule has 1 saturated carbocycles. The highest BCUT2D eigenvalue weighted by Crippen LogP contribution is 2.23. The lowest BCUT2D eigenvalue weighted by molar-refractivity contribution is 0.192. The van der Waals surface area contributed by atoms with E-state index in [1.165, 1.54) is 44.1 Å². The van der Waals surface area contributed by atoms with Crippen molar-refractivity contribution in [1.82, 2.24) is 0 Å². The van der Waals surface area contributed by atoms with Crippen LogP contribution < -0.4 is 0 Å². The molecule has 0 aromatic rings. The molecular weight excluding hydrogens is 220 g/mol. The van der Waals surface area contributed by atoms with E-state index in [-0.39, 0.29) is 0 Å². The molecule has 0 amide bonds. The Balaban J connectivity index is 1.68. The van der Waals surface area contributed by atoms with Crippen LogP contribution in [0.3, 0.4) is 0 Å². The van der Waals surface area contributed by atoms with Crippen molar-refractivity contribution in [3.05, 3.63) is 11.8 Å². The molecule has 16 heavy (non-hydrogen) atoms. The Hall–Kier alpha value is -0.310. The second kappa shape index (κ2) is 6.43. The summed E-state index contributed by atoms with van der Waals surface area (Å²) in [6, 6.07) is 0. The minimum Gasteiger partial charge on any atom is -0.501 e. The maximum atomic E-state index is 11.4. The van der Waals surface area contributed by atoms with Gasteiger partial charge >= 0.3 is 0 Å². The van der Waals surface area contributed by atoms with Crippen molar-refractivity contribution in [2.24, 2.45) is 5.92 Å². The van der Waals surface area contributed by atoms with Crippen LogP contribution in [0, 0.1) is 5.92 Å². The van der Waals surface area contributed by atoms with Gasteiger partial charge in [0.1, 0.15) is 0 Å². The van der Waals surface area contributed by atoms with Gasteiger partial charge in [-0.05, 0) is 44.1 Å². The molecule has 0 aromatic carbocycles. The summed E-state index contributed by atoms with van der Waals surface area (Å²) in [5, 5.41) is 0. The average molecular weight is 242 g/mol. The number of ether oxygens (including phenoxy) is 1. The van der Waals surface area contributed by atoms with Gasteiger partial charge in [-0.2, -0.15) is 0 Å². The molecule has 2 unspecified atom stereocenters. The molecule has 2 fully saturated rings. The molecule has 1 aliphatic heterocycles. The van der Waals surface area contributed by atoms with Crippen LogP contribution in [0.5, 0.6) is 0 Å². The molecule has 92 valence electrons. The summed E-state index contributed by atoms with van der Waals surface area (Å²) in [5.41, 5.74) is 1.48. The van der Waals surface area contributed by atoms with Gasteiger partial charge in [0.15, 0.2) is 0 Å². The zero-order valence-corrected chi connectivity index (χ0v) is 10.8. The number of hydrogen-bond acceptors (Lipinski definition) is 2. The van der Waals surface area contributed by atoms with Crippen molar-refractivity contribution in [2.75, 3.05) is 18.1 Å². The quantitative estimate of drug-likeness (QED) is 0.711. The third-order valence-corrected chi connectivity index (χ3v) is 5.07. The average Bonchev–Trinajstić information content (AvgIpc) is 2.30. The molecule has 1 heterocycles. The van der Waals surface area contributed by atoms with Crippen LogP contribution in [0.4, 0.5) is 0 Å². The second-order valence-electron chi connectivity index (χ2n) is 4.99. The van der Waals surface area contributed by atoms with Gasteiger partial charge in [0.2, 0.25) is 0 Å². The van der Waals surface area contributed by atoms with Crippen LogP contribution in [0.2, 0.25) is 0 Å². The zero-order chi connectivity index (χ0) is 11.2. The minimum atomic E-state index is -0.579. The summed E-state index contributed by atoms with van der Waals surface area (Å²) in [6.45, 7) is 0.773. The predicted octanol–water partition coefficient (Wildman–Crippen LogP) is 3.01. The Bertz CT molecular complexity index is 265. The lowest BCUT2D eigenvalue weighted by Crippen LogP contribution is -2.23. The van der Waals surface area contributed by atoms with Gasteiger partial charge in [-0.1, -0.05) is 6.42 Å². The van der Waals surface area contributed by atoms with Gasteiger partial charge in [0, 0.05) is 28.2 Å². The molecule has 0 radical (unpaired) electrons. The molecule has 3 heteroatoms. The van der Waals surface area contributed by atoms with Crippen LogP contribution in [-0.2, 0) is 15.5 Å². The molecule has 1 saturated heterocycles. The summed E-state index contributed by atoms with van der Waals surface area (Å²) in [6.07, 6.45) is 10.7. The van der Waals surface area contributed by atoms with Crippen LogP contribution >= 0.6 is 0 Å². The summed E-state index contributed by atoms with van der Waals surface area (Å²) >= 11 is 0. The standard InChI is InChI=1S/C13H22O2S/c14-16-8-4-7-13(11-16)10-15-9-12-5-2-1-3-6-12/h9,13H,1-8,10-11H2. The second-order valence-corrected chi connectivity index (χ2v) is 6.61. The van der Waals surface area contributed by atoms with E-state index in [2.05, 4.69) is 0 Å². The highest BCUT2D eigenvalue weighted by molar-refractivity contribution is 7.85. The first-order valence-electron chi connectivity index (χ1n) is 6.49. The Kier molecular flexibility index (Phi) is 4.89. The monoisotopic (exact) mass is 242 g/mol. The molecule has 0 bridgehead atoms. The van der Waals surface area contributed by atoms with E-state index >= 15 is 0 Å². The molecular formula is C13H22O2S. The largest absolute Gasteiger partial charge is 0.501 e.